The SMILES string of the molecule is Cc1c(C(=O)Nc2ccccc2)nc2n1C[C@@](c1ccccc1)(C(F)(F)F)O2. The molecule has 5 nitrogen and oxygen atoms in total. The first-order valence-corrected chi connectivity index (χ1v) is 8.56. The van der Waals surface area contributed by atoms with Crippen LogP contribution in [0.4, 0.5) is 18.9 Å². The Morgan fingerprint density at radius 3 is 2.29 bits per heavy atom. The summed E-state index contributed by atoms with van der Waals surface area (Å²) < 4.78 is 48.6. The normalized spacial score (nSPS) is 18.4. The van der Waals surface area contributed by atoms with Crippen LogP contribution in [-0.2, 0) is 12.1 Å². The molecule has 28 heavy (non-hydrogen) atoms. The van der Waals surface area contributed by atoms with Gasteiger partial charge in [-0.3, -0.25) is 9.36 Å². The van der Waals surface area contributed by atoms with Gasteiger partial charge in [0.25, 0.3) is 11.9 Å². The molecule has 1 N–H and O–H groups in total. The summed E-state index contributed by atoms with van der Waals surface area (Å²) >= 11 is 0. The Hall–Kier alpha value is -3.29. The summed E-state index contributed by atoms with van der Waals surface area (Å²) in [5.41, 5.74) is -1.64. The van der Waals surface area contributed by atoms with Crippen molar-refractivity contribution in [2.45, 2.75) is 25.2 Å². The number of amides is 1. The largest absolute Gasteiger partial charge is 0.441 e. The lowest BCUT2D eigenvalue weighted by molar-refractivity contribution is -0.250. The number of imidazole rings is 1. The average Bonchev–Trinajstić information content (AvgIpc) is 3.20. The number of nitrogens with one attached hydrogen (secondary N) is 1. The number of aromatic nitrogens is 2. The average molecular weight is 387 g/mol. The lowest BCUT2D eigenvalue weighted by atomic mass is 9.93. The molecule has 0 aliphatic carbocycles. The lowest BCUT2D eigenvalue weighted by Gasteiger charge is -2.30. The van der Waals surface area contributed by atoms with E-state index in [1.807, 2.05) is 0 Å². The van der Waals surface area contributed by atoms with Crippen molar-refractivity contribution < 1.29 is 22.7 Å². The molecule has 0 saturated heterocycles. The smallest absolute Gasteiger partial charge is 0.434 e. The van der Waals surface area contributed by atoms with Crippen molar-refractivity contribution >= 4 is 11.6 Å². The van der Waals surface area contributed by atoms with Gasteiger partial charge in [-0.1, -0.05) is 48.5 Å². The number of alkyl halides is 3. The summed E-state index contributed by atoms with van der Waals surface area (Å²) in [6, 6.07) is 16.0. The van der Waals surface area contributed by atoms with Gasteiger partial charge >= 0.3 is 6.18 Å². The molecule has 0 fully saturated rings. The van der Waals surface area contributed by atoms with Gasteiger partial charge in [0.05, 0.1) is 12.2 Å². The Labute approximate surface area is 158 Å². The van der Waals surface area contributed by atoms with E-state index in [-0.39, 0.29) is 17.3 Å². The van der Waals surface area contributed by atoms with Gasteiger partial charge in [0.2, 0.25) is 5.60 Å². The Morgan fingerprint density at radius 1 is 1.11 bits per heavy atom. The van der Waals surface area contributed by atoms with Crippen molar-refractivity contribution in [1.29, 1.82) is 0 Å². The van der Waals surface area contributed by atoms with Crippen molar-refractivity contribution in [3.63, 3.8) is 0 Å². The Morgan fingerprint density at radius 2 is 1.71 bits per heavy atom. The molecule has 4 rings (SSSR count). The van der Waals surface area contributed by atoms with Crippen LogP contribution in [0.5, 0.6) is 6.01 Å². The first kappa shape index (κ1) is 18.1. The number of hydrogen-bond acceptors (Lipinski definition) is 3. The molecule has 0 saturated carbocycles. The molecule has 0 bridgehead atoms. The van der Waals surface area contributed by atoms with Crippen molar-refractivity contribution in [2.75, 3.05) is 5.32 Å². The van der Waals surface area contributed by atoms with Gasteiger partial charge in [0, 0.05) is 11.3 Å². The highest BCUT2D eigenvalue weighted by Gasteiger charge is 2.62. The van der Waals surface area contributed by atoms with Crippen molar-refractivity contribution in [3.8, 4) is 6.01 Å². The number of para-hydroxylation sites is 1. The zero-order valence-electron chi connectivity index (χ0n) is 14.8. The molecule has 0 unspecified atom stereocenters. The maximum absolute atomic E-state index is 14.0. The van der Waals surface area contributed by atoms with E-state index in [1.54, 1.807) is 43.3 Å². The van der Waals surface area contributed by atoms with Gasteiger partial charge < -0.3 is 10.1 Å². The molecule has 3 aromatic rings. The first-order valence-electron chi connectivity index (χ1n) is 8.56. The minimum atomic E-state index is -4.66. The van der Waals surface area contributed by atoms with Gasteiger partial charge in [-0.15, -0.1) is 0 Å². The second kappa shape index (κ2) is 6.40. The van der Waals surface area contributed by atoms with E-state index in [0.29, 0.717) is 11.4 Å². The van der Waals surface area contributed by atoms with Gasteiger partial charge in [0.1, 0.15) is 0 Å². The van der Waals surface area contributed by atoms with Crippen LogP contribution in [0.3, 0.4) is 0 Å². The van der Waals surface area contributed by atoms with Crippen LogP contribution >= 0.6 is 0 Å². The number of nitrogens with zero attached hydrogens (tertiary/aromatic N) is 2. The number of rotatable bonds is 3. The van der Waals surface area contributed by atoms with Crippen LogP contribution in [-0.4, -0.2) is 21.6 Å². The molecule has 1 aliphatic heterocycles. The van der Waals surface area contributed by atoms with Gasteiger partial charge in [-0.25, -0.2) is 0 Å². The summed E-state index contributed by atoms with van der Waals surface area (Å²) in [7, 11) is 0. The van der Waals surface area contributed by atoms with E-state index in [4.69, 9.17) is 4.74 Å². The van der Waals surface area contributed by atoms with Crippen molar-refractivity contribution in [1.82, 2.24) is 9.55 Å². The van der Waals surface area contributed by atoms with Crippen LogP contribution in [0.1, 0.15) is 21.7 Å². The topological polar surface area (TPSA) is 56.2 Å². The van der Waals surface area contributed by atoms with E-state index >= 15 is 0 Å². The highest BCUT2D eigenvalue weighted by molar-refractivity contribution is 6.03. The highest BCUT2D eigenvalue weighted by atomic mass is 19.4. The number of carbonyl (C=O) groups excluding carboxylic acids is 1. The predicted molar refractivity (Wildman–Crippen MR) is 96.2 cm³/mol. The third kappa shape index (κ3) is 2.81. The van der Waals surface area contributed by atoms with Crippen LogP contribution in [0, 0.1) is 6.92 Å². The van der Waals surface area contributed by atoms with E-state index in [9.17, 15) is 18.0 Å². The number of ether oxygens (including phenoxy) is 1. The molecule has 1 aromatic heterocycles. The summed E-state index contributed by atoms with van der Waals surface area (Å²) in [6.07, 6.45) is -4.66. The molecule has 1 aliphatic rings. The van der Waals surface area contributed by atoms with E-state index in [2.05, 4.69) is 10.3 Å². The third-order valence-corrected chi connectivity index (χ3v) is 4.78. The standard InChI is InChI=1S/C20H16F3N3O2/c1-13-16(17(27)24-15-10-6-3-7-11-15)25-18-26(13)12-19(28-18,20(21,22)23)14-8-4-2-5-9-14/h2-11H,12H2,1H3,(H,24,27)/t19-/m1/s1. The van der Waals surface area contributed by atoms with Crippen LogP contribution in [0.25, 0.3) is 0 Å². The van der Waals surface area contributed by atoms with Crippen LogP contribution < -0.4 is 10.1 Å². The number of carbonyl (C=O) groups is 1. The summed E-state index contributed by atoms with van der Waals surface area (Å²) in [4.78, 5) is 16.6. The van der Waals surface area contributed by atoms with Crippen LogP contribution in [0.2, 0.25) is 0 Å². The molecular weight excluding hydrogens is 371 g/mol. The van der Waals surface area contributed by atoms with Gasteiger partial charge in [0.15, 0.2) is 5.69 Å². The minimum absolute atomic E-state index is 0.0114. The maximum Gasteiger partial charge on any atom is 0.434 e. The Balaban J connectivity index is 1.67. The molecule has 0 radical (unpaired) electrons. The van der Waals surface area contributed by atoms with Gasteiger partial charge in [-0.2, -0.15) is 18.2 Å². The van der Waals surface area contributed by atoms with Gasteiger partial charge in [-0.05, 0) is 19.1 Å². The van der Waals surface area contributed by atoms with Crippen LogP contribution in [0.15, 0.2) is 60.7 Å². The maximum atomic E-state index is 14.0. The lowest BCUT2D eigenvalue weighted by Crippen LogP contribution is -2.47. The molecule has 8 heteroatoms. The predicted octanol–water partition coefficient (Wildman–Crippen LogP) is 4.29. The zero-order chi connectivity index (χ0) is 19.9. The molecule has 1 amide bonds. The number of anilines is 1. The summed E-state index contributed by atoms with van der Waals surface area (Å²) in [6.45, 7) is 1.05. The fourth-order valence-electron chi connectivity index (χ4n) is 3.28. The van der Waals surface area contributed by atoms with E-state index < -0.39 is 24.2 Å². The number of fused-ring (bicyclic) bond motifs is 1. The third-order valence-electron chi connectivity index (χ3n) is 4.78. The van der Waals surface area contributed by atoms with E-state index in [0.717, 1.165) is 0 Å². The Kier molecular flexibility index (Phi) is 4.14. The fourth-order valence-corrected chi connectivity index (χ4v) is 3.28. The molecule has 1 atom stereocenters. The first-order chi connectivity index (χ1) is 13.3. The molecule has 144 valence electrons. The highest BCUT2D eigenvalue weighted by Crippen LogP contribution is 2.48. The second-order valence-electron chi connectivity index (χ2n) is 6.53. The quantitative estimate of drug-likeness (QED) is 0.729. The monoisotopic (exact) mass is 387 g/mol. The number of hydrogen-bond donors (Lipinski definition) is 1. The summed E-state index contributed by atoms with van der Waals surface area (Å²) in [5, 5.41) is 2.68. The van der Waals surface area contributed by atoms with Crippen molar-refractivity contribution in [3.05, 3.63) is 77.6 Å². The van der Waals surface area contributed by atoms with Crippen molar-refractivity contribution in [2.24, 2.45) is 0 Å². The Bertz CT molecular complexity index is 1020. The number of benzene rings is 2. The molecule has 2 heterocycles. The molecular formula is C20H16F3N3O2. The second-order valence-corrected chi connectivity index (χ2v) is 6.53. The fraction of sp³-hybridized carbons (Fsp3) is 0.200. The zero-order valence-corrected chi connectivity index (χ0v) is 14.8. The molecule has 0 spiro atoms. The molecule has 2 aromatic carbocycles. The minimum Gasteiger partial charge on any atom is -0.441 e. The number of halogens is 3. The summed E-state index contributed by atoms with van der Waals surface area (Å²) in [5.74, 6) is -0.508. The van der Waals surface area contributed by atoms with E-state index in [1.165, 1.54) is 28.8 Å².